The van der Waals surface area contributed by atoms with Gasteiger partial charge >= 0.3 is 0 Å². The van der Waals surface area contributed by atoms with Crippen LogP contribution in [0.15, 0.2) is 39.5 Å². The highest BCUT2D eigenvalue weighted by Gasteiger charge is 2.18. The topological polar surface area (TPSA) is 119 Å². The Hall–Kier alpha value is -3.55. The summed E-state index contributed by atoms with van der Waals surface area (Å²) in [5.41, 5.74) is -0.665. The van der Waals surface area contributed by atoms with Gasteiger partial charge in [0.1, 0.15) is 16.7 Å². The van der Waals surface area contributed by atoms with Crippen molar-refractivity contribution < 1.29 is 33.9 Å². The summed E-state index contributed by atoms with van der Waals surface area (Å²) in [5, 5.41) is 29.3. The zero-order chi connectivity index (χ0) is 18.1. The molecule has 0 unspecified atom stereocenters. The highest BCUT2D eigenvalue weighted by atomic mass is 16.6. The Labute approximate surface area is 141 Å². The molecule has 2 aromatic carbocycles. The number of benzene rings is 2. The summed E-state index contributed by atoms with van der Waals surface area (Å²) in [6, 6.07) is 6.39. The van der Waals surface area contributed by atoms with Crippen LogP contribution in [-0.2, 0) is 0 Å². The van der Waals surface area contributed by atoms with Gasteiger partial charge in [-0.05, 0) is 12.1 Å². The number of phenolic OH excluding ortho intramolecular Hbond substituents is 3. The molecule has 0 radical (unpaired) electrons. The number of fused-ring (bicyclic) bond motifs is 1. The van der Waals surface area contributed by atoms with E-state index in [2.05, 4.69) is 0 Å². The largest absolute Gasteiger partial charge is 0.504 e. The zero-order valence-electron chi connectivity index (χ0n) is 13.3. The van der Waals surface area contributed by atoms with Crippen LogP contribution in [0, 0.1) is 0 Å². The van der Waals surface area contributed by atoms with E-state index in [1.54, 1.807) is 0 Å². The molecule has 8 nitrogen and oxygen atoms in total. The second-order valence-electron chi connectivity index (χ2n) is 5.02. The lowest BCUT2D eigenvalue weighted by molar-refractivity contribution is 0.336. The number of hydrogen-bond donors (Lipinski definition) is 3. The number of hydrogen-bond acceptors (Lipinski definition) is 8. The van der Waals surface area contributed by atoms with Crippen molar-refractivity contribution in [2.75, 3.05) is 14.2 Å². The van der Waals surface area contributed by atoms with Gasteiger partial charge in [0.25, 0.3) is 5.95 Å². The average molecular weight is 346 g/mol. The highest BCUT2D eigenvalue weighted by molar-refractivity contribution is 5.88. The zero-order valence-corrected chi connectivity index (χ0v) is 13.3. The van der Waals surface area contributed by atoms with Gasteiger partial charge in [0.15, 0.2) is 23.0 Å². The number of phenols is 3. The molecule has 130 valence electrons. The summed E-state index contributed by atoms with van der Waals surface area (Å²) in [5.74, 6) is -0.953. The molecule has 0 aliphatic rings. The van der Waals surface area contributed by atoms with E-state index in [9.17, 15) is 20.1 Å². The quantitative estimate of drug-likeness (QED) is 0.660. The van der Waals surface area contributed by atoms with E-state index in [1.165, 1.54) is 32.4 Å². The van der Waals surface area contributed by atoms with Gasteiger partial charge in [0, 0.05) is 12.1 Å². The van der Waals surface area contributed by atoms with Crippen LogP contribution in [0.25, 0.3) is 11.0 Å². The fourth-order valence-corrected chi connectivity index (χ4v) is 2.34. The van der Waals surface area contributed by atoms with E-state index < -0.39 is 11.2 Å². The van der Waals surface area contributed by atoms with Crippen molar-refractivity contribution >= 4 is 11.0 Å². The molecule has 1 heterocycles. The van der Waals surface area contributed by atoms with Crippen molar-refractivity contribution in [3.8, 4) is 40.4 Å². The molecule has 8 heteroatoms. The summed E-state index contributed by atoms with van der Waals surface area (Å²) in [4.78, 5) is 12.3. The van der Waals surface area contributed by atoms with Gasteiger partial charge in [-0.15, -0.1) is 0 Å². The molecule has 0 atom stereocenters. The Balaban J connectivity index is 2.08. The smallest absolute Gasteiger partial charge is 0.294 e. The van der Waals surface area contributed by atoms with Gasteiger partial charge in [0.05, 0.1) is 20.3 Å². The molecule has 0 saturated carbocycles. The SMILES string of the molecule is COc1cc(Oc2cc(=O)c3c(O)c(OC)c(O)cc3o2)ccc1O. The lowest BCUT2D eigenvalue weighted by Gasteiger charge is -2.10. The molecular formula is C17H14O8. The van der Waals surface area contributed by atoms with Gasteiger partial charge in [0.2, 0.25) is 11.2 Å². The summed E-state index contributed by atoms with van der Waals surface area (Å²) in [7, 11) is 2.63. The van der Waals surface area contributed by atoms with Crippen LogP contribution in [0.1, 0.15) is 0 Å². The first-order valence-corrected chi connectivity index (χ1v) is 7.06. The maximum absolute atomic E-state index is 12.3. The standard InChI is InChI=1S/C17H14O8/c1-22-12-5-8(3-4-9(12)18)24-14-7-10(19)15-13(25-14)6-11(20)17(23-2)16(15)21/h3-7,18,20-21H,1-2H3. The summed E-state index contributed by atoms with van der Waals surface area (Å²) in [6.45, 7) is 0. The Kier molecular flexibility index (Phi) is 4.02. The third-order valence-electron chi connectivity index (χ3n) is 3.48. The molecular weight excluding hydrogens is 332 g/mol. The van der Waals surface area contributed by atoms with Gasteiger partial charge < -0.3 is 33.9 Å². The first kappa shape index (κ1) is 16.3. The first-order chi connectivity index (χ1) is 11.9. The average Bonchev–Trinajstić information content (AvgIpc) is 2.56. The molecule has 0 fully saturated rings. The number of rotatable bonds is 4. The third-order valence-corrected chi connectivity index (χ3v) is 3.48. The number of aromatic hydroxyl groups is 3. The van der Waals surface area contributed by atoms with Gasteiger partial charge in [-0.2, -0.15) is 0 Å². The number of ether oxygens (including phenoxy) is 3. The van der Waals surface area contributed by atoms with Crippen LogP contribution in [0.2, 0.25) is 0 Å². The van der Waals surface area contributed by atoms with E-state index in [-0.39, 0.29) is 45.7 Å². The molecule has 0 aliphatic heterocycles. The minimum absolute atomic E-state index is 0.0725. The molecule has 3 N–H and O–H groups in total. The van der Waals surface area contributed by atoms with Crippen molar-refractivity contribution in [2.24, 2.45) is 0 Å². The maximum Gasteiger partial charge on any atom is 0.294 e. The lowest BCUT2D eigenvalue weighted by atomic mass is 10.2. The van der Waals surface area contributed by atoms with Gasteiger partial charge in [-0.25, -0.2) is 0 Å². The molecule has 25 heavy (non-hydrogen) atoms. The van der Waals surface area contributed by atoms with E-state index in [1.807, 2.05) is 0 Å². The Morgan fingerprint density at radius 3 is 2.40 bits per heavy atom. The van der Waals surface area contributed by atoms with Crippen molar-refractivity contribution in [2.45, 2.75) is 0 Å². The fraction of sp³-hybridized carbons (Fsp3) is 0.118. The van der Waals surface area contributed by atoms with E-state index in [4.69, 9.17) is 18.6 Å². The van der Waals surface area contributed by atoms with Crippen LogP contribution in [0.3, 0.4) is 0 Å². The lowest BCUT2D eigenvalue weighted by Crippen LogP contribution is -2.02. The van der Waals surface area contributed by atoms with Crippen LogP contribution in [-0.4, -0.2) is 29.5 Å². The summed E-state index contributed by atoms with van der Waals surface area (Å²) >= 11 is 0. The molecule has 0 amide bonds. The van der Waals surface area contributed by atoms with Crippen molar-refractivity contribution in [3.05, 3.63) is 40.6 Å². The van der Waals surface area contributed by atoms with Crippen LogP contribution in [0.4, 0.5) is 0 Å². The highest BCUT2D eigenvalue weighted by Crippen LogP contribution is 2.41. The monoisotopic (exact) mass is 346 g/mol. The second kappa shape index (κ2) is 6.16. The van der Waals surface area contributed by atoms with Gasteiger partial charge in [-0.3, -0.25) is 4.79 Å². The molecule has 3 rings (SSSR count). The molecule has 0 spiro atoms. The maximum atomic E-state index is 12.3. The fourth-order valence-electron chi connectivity index (χ4n) is 2.34. The molecule has 0 aliphatic carbocycles. The summed E-state index contributed by atoms with van der Waals surface area (Å²) < 4.78 is 20.7. The Morgan fingerprint density at radius 1 is 0.960 bits per heavy atom. The molecule has 0 saturated heterocycles. The van der Waals surface area contributed by atoms with Gasteiger partial charge in [-0.1, -0.05) is 0 Å². The van der Waals surface area contributed by atoms with Crippen LogP contribution < -0.4 is 19.6 Å². The Morgan fingerprint density at radius 2 is 1.72 bits per heavy atom. The number of methoxy groups -OCH3 is 2. The van der Waals surface area contributed by atoms with Crippen LogP contribution in [0.5, 0.6) is 40.4 Å². The molecule has 1 aromatic heterocycles. The van der Waals surface area contributed by atoms with Crippen molar-refractivity contribution in [1.29, 1.82) is 0 Å². The first-order valence-electron chi connectivity index (χ1n) is 7.06. The Bertz CT molecular complexity index is 1010. The van der Waals surface area contributed by atoms with E-state index in [0.29, 0.717) is 0 Å². The van der Waals surface area contributed by atoms with E-state index >= 15 is 0 Å². The summed E-state index contributed by atoms with van der Waals surface area (Å²) in [6.07, 6.45) is 0. The predicted octanol–water partition coefficient (Wildman–Crippen LogP) is 2.72. The third kappa shape index (κ3) is 2.85. The van der Waals surface area contributed by atoms with Crippen molar-refractivity contribution in [1.82, 2.24) is 0 Å². The molecule has 3 aromatic rings. The minimum atomic E-state index is -0.585. The minimum Gasteiger partial charge on any atom is -0.504 e. The second-order valence-corrected chi connectivity index (χ2v) is 5.02. The predicted molar refractivity (Wildman–Crippen MR) is 87.1 cm³/mol. The van der Waals surface area contributed by atoms with Crippen LogP contribution >= 0.6 is 0 Å². The van der Waals surface area contributed by atoms with E-state index in [0.717, 1.165) is 12.1 Å². The van der Waals surface area contributed by atoms with Crippen molar-refractivity contribution in [3.63, 3.8) is 0 Å². The molecule has 0 bridgehead atoms. The normalized spacial score (nSPS) is 10.6.